The summed E-state index contributed by atoms with van der Waals surface area (Å²) in [4.78, 5) is 25.2. The van der Waals surface area contributed by atoms with Crippen LogP contribution in [0.5, 0.6) is 0 Å². The van der Waals surface area contributed by atoms with E-state index in [2.05, 4.69) is 36.5 Å². The molecule has 0 spiro atoms. The molecule has 1 aliphatic heterocycles. The van der Waals surface area contributed by atoms with Crippen LogP contribution in [0.2, 0.25) is 0 Å². The molecule has 1 unspecified atom stereocenters. The van der Waals surface area contributed by atoms with E-state index in [0.717, 1.165) is 18.4 Å². The van der Waals surface area contributed by atoms with Crippen molar-refractivity contribution in [2.24, 2.45) is 0 Å². The summed E-state index contributed by atoms with van der Waals surface area (Å²) < 4.78 is 0. The molecule has 1 aromatic carbocycles. The summed E-state index contributed by atoms with van der Waals surface area (Å²) >= 11 is 0. The SMILES string of the molecule is CCCN1C(=O)CC(NCc2ccc(CC)cc2)C1=O. The zero-order chi connectivity index (χ0) is 14.5. The predicted molar refractivity (Wildman–Crippen MR) is 78.1 cm³/mol. The highest BCUT2D eigenvalue weighted by Crippen LogP contribution is 2.14. The second-order valence-corrected chi connectivity index (χ2v) is 5.19. The molecule has 0 radical (unpaired) electrons. The van der Waals surface area contributed by atoms with Gasteiger partial charge in [0.25, 0.3) is 0 Å². The molecular formula is C16H22N2O2. The Morgan fingerprint density at radius 2 is 1.80 bits per heavy atom. The van der Waals surface area contributed by atoms with Crippen LogP contribution < -0.4 is 5.32 Å². The Bertz CT molecular complexity index is 482. The average Bonchev–Trinajstić information content (AvgIpc) is 2.73. The Labute approximate surface area is 120 Å². The molecule has 0 aromatic heterocycles. The van der Waals surface area contributed by atoms with Crippen molar-refractivity contribution in [2.75, 3.05) is 6.54 Å². The first-order valence-electron chi connectivity index (χ1n) is 7.31. The number of carbonyl (C=O) groups excluding carboxylic acids is 2. The molecule has 4 nitrogen and oxygen atoms in total. The summed E-state index contributed by atoms with van der Waals surface area (Å²) in [6.45, 7) is 5.24. The van der Waals surface area contributed by atoms with Crippen LogP contribution in [0.15, 0.2) is 24.3 Å². The molecule has 2 rings (SSSR count). The lowest BCUT2D eigenvalue weighted by Gasteiger charge is -2.14. The third-order valence-electron chi connectivity index (χ3n) is 3.67. The zero-order valence-corrected chi connectivity index (χ0v) is 12.2. The molecule has 0 bridgehead atoms. The summed E-state index contributed by atoms with van der Waals surface area (Å²) in [6.07, 6.45) is 2.11. The van der Waals surface area contributed by atoms with E-state index in [0.29, 0.717) is 13.1 Å². The van der Waals surface area contributed by atoms with Gasteiger partial charge < -0.3 is 5.32 Å². The van der Waals surface area contributed by atoms with Crippen molar-refractivity contribution in [3.8, 4) is 0 Å². The highest BCUT2D eigenvalue weighted by molar-refractivity contribution is 6.05. The highest BCUT2D eigenvalue weighted by atomic mass is 16.2. The summed E-state index contributed by atoms with van der Waals surface area (Å²) in [6, 6.07) is 7.97. The largest absolute Gasteiger partial charge is 0.301 e. The number of carbonyl (C=O) groups is 2. The van der Waals surface area contributed by atoms with Crippen molar-refractivity contribution < 1.29 is 9.59 Å². The van der Waals surface area contributed by atoms with Gasteiger partial charge in [0, 0.05) is 13.1 Å². The Hall–Kier alpha value is -1.68. The Balaban J connectivity index is 1.90. The molecule has 4 heteroatoms. The number of nitrogens with one attached hydrogen (secondary N) is 1. The van der Waals surface area contributed by atoms with E-state index in [-0.39, 0.29) is 24.3 Å². The lowest BCUT2D eigenvalue weighted by molar-refractivity contribution is -0.138. The molecule has 0 aliphatic carbocycles. The van der Waals surface area contributed by atoms with Crippen LogP contribution in [0, 0.1) is 0 Å². The second-order valence-electron chi connectivity index (χ2n) is 5.19. The minimum Gasteiger partial charge on any atom is -0.301 e. The number of aryl methyl sites for hydroxylation is 1. The fourth-order valence-electron chi connectivity index (χ4n) is 2.43. The maximum absolute atomic E-state index is 12.1. The topological polar surface area (TPSA) is 49.4 Å². The third-order valence-corrected chi connectivity index (χ3v) is 3.67. The fourth-order valence-corrected chi connectivity index (χ4v) is 2.43. The van der Waals surface area contributed by atoms with E-state index >= 15 is 0 Å². The molecule has 2 amide bonds. The number of hydrogen-bond donors (Lipinski definition) is 1. The normalized spacial score (nSPS) is 18.9. The van der Waals surface area contributed by atoms with Gasteiger partial charge in [-0.15, -0.1) is 0 Å². The minimum absolute atomic E-state index is 0.0596. The number of hydrogen-bond acceptors (Lipinski definition) is 3. The summed E-state index contributed by atoms with van der Waals surface area (Å²) in [7, 11) is 0. The Morgan fingerprint density at radius 1 is 1.15 bits per heavy atom. The van der Waals surface area contributed by atoms with Crippen molar-refractivity contribution in [2.45, 2.75) is 45.7 Å². The maximum atomic E-state index is 12.1. The van der Waals surface area contributed by atoms with Crippen LogP contribution in [0.3, 0.4) is 0 Å². The quantitative estimate of drug-likeness (QED) is 0.806. The molecule has 0 saturated carbocycles. The first kappa shape index (κ1) is 14.7. The van der Waals surface area contributed by atoms with Crippen LogP contribution in [-0.4, -0.2) is 29.3 Å². The number of nitrogens with zero attached hydrogens (tertiary/aromatic N) is 1. The van der Waals surface area contributed by atoms with Crippen molar-refractivity contribution in [1.82, 2.24) is 10.2 Å². The van der Waals surface area contributed by atoms with Crippen LogP contribution in [-0.2, 0) is 22.6 Å². The Morgan fingerprint density at radius 3 is 2.40 bits per heavy atom. The molecule has 1 heterocycles. The van der Waals surface area contributed by atoms with E-state index in [9.17, 15) is 9.59 Å². The number of benzene rings is 1. The van der Waals surface area contributed by atoms with Crippen LogP contribution in [0.25, 0.3) is 0 Å². The number of amides is 2. The van der Waals surface area contributed by atoms with Gasteiger partial charge in [-0.1, -0.05) is 38.1 Å². The third kappa shape index (κ3) is 3.25. The molecule has 1 fully saturated rings. The van der Waals surface area contributed by atoms with Crippen molar-refractivity contribution in [1.29, 1.82) is 0 Å². The van der Waals surface area contributed by atoms with Gasteiger partial charge in [0.05, 0.1) is 12.5 Å². The van der Waals surface area contributed by atoms with E-state index in [1.54, 1.807) is 0 Å². The van der Waals surface area contributed by atoms with Gasteiger partial charge in [-0.25, -0.2) is 0 Å². The molecule has 1 saturated heterocycles. The van der Waals surface area contributed by atoms with E-state index in [1.807, 2.05) is 6.92 Å². The zero-order valence-electron chi connectivity index (χ0n) is 12.2. The summed E-state index contributed by atoms with van der Waals surface area (Å²) in [5.41, 5.74) is 2.44. The maximum Gasteiger partial charge on any atom is 0.246 e. The van der Waals surface area contributed by atoms with Gasteiger partial charge in [-0.05, 0) is 24.0 Å². The van der Waals surface area contributed by atoms with Gasteiger partial charge in [0.15, 0.2) is 0 Å². The summed E-state index contributed by atoms with van der Waals surface area (Å²) in [5, 5.41) is 3.19. The minimum atomic E-state index is -0.361. The van der Waals surface area contributed by atoms with Crippen molar-refractivity contribution >= 4 is 11.8 Å². The number of rotatable bonds is 6. The van der Waals surface area contributed by atoms with Crippen LogP contribution >= 0.6 is 0 Å². The standard InChI is InChI=1S/C16H22N2O2/c1-3-9-18-15(19)10-14(16(18)20)17-11-13-7-5-12(4-2)6-8-13/h5-8,14,17H,3-4,9-11H2,1-2H3. The van der Waals surface area contributed by atoms with Crippen molar-refractivity contribution in [3.05, 3.63) is 35.4 Å². The molecule has 1 aromatic rings. The first-order valence-corrected chi connectivity index (χ1v) is 7.31. The van der Waals surface area contributed by atoms with Gasteiger partial charge in [0.2, 0.25) is 11.8 Å². The fraction of sp³-hybridized carbons (Fsp3) is 0.500. The van der Waals surface area contributed by atoms with E-state index < -0.39 is 0 Å². The highest BCUT2D eigenvalue weighted by Gasteiger charge is 2.37. The molecule has 1 atom stereocenters. The smallest absolute Gasteiger partial charge is 0.246 e. The first-order chi connectivity index (χ1) is 9.65. The lowest BCUT2D eigenvalue weighted by atomic mass is 10.1. The van der Waals surface area contributed by atoms with E-state index in [4.69, 9.17) is 0 Å². The van der Waals surface area contributed by atoms with Gasteiger partial charge in [-0.2, -0.15) is 0 Å². The summed E-state index contributed by atoms with van der Waals surface area (Å²) in [5.74, 6) is -0.141. The average molecular weight is 274 g/mol. The number of likely N-dealkylation sites (tertiary alicyclic amines) is 1. The van der Waals surface area contributed by atoms with Gasteiger partial charge >= 0.3 is 0 Å². The molecule has 20 heavy (non-hydrogen) atoms. The second kappa shape index (κ2) is 6.66. The molecule has 1 aliphatic rings. The van der Waals surface area contributed by atoms with Crippen molar-refractivity contribution in [3.63, 3.8) is 0 Å². The monoisotopic (exact) mass is 274 g/mol. The number of imide groups is 1. The van der Waals surface area contributed by atoms with Crippen LogP contribution in [0.1, 0.15) is 37.8 Å². The lowest BCUT2D eigenvalue weighted by Crippen LogP contribution is -2.38. The molecule has 1 N–H and O–H groups in total. The van der Waals surface area contributed by atoms with E-state index in [1.165, 1.54) is 10.5 Å². The molecular weight excluding hydrogens is 252 g/mol. The van der Waals surface area contributed by atoms with Gasteiger partial charge in [-0.3, -0.25) is 14.5 Å². The Kier molecular flexibility index (Phi) is 4.90. The van der Waals surface area contributed by atoms with Crippen LogP contribution in [0.4, 0.5) is 0 Å². The molecule has 108 valence electrons. The van der Waals surface area contributed by atoms with Gasteiger partial charge in [0.1, 0.15) is 0 Å². The predicted octanol–water partition coefficient (Wildman–Crippen LogP) is 1.88.